The van der Waals surface area contributed by atoms with E-state index in [2.05, 4.69) is 90.8 Å². The molecule has 3 aromatic carbocycles. The van der Waals surface area contributed by atoms with Gasteiger partial charge in [-0.15, -0.1) is 0 Å². The minimum absolute atomic E-state index is 1.01. The van der Waals surface area contributed by atoms with Gasteiger partial charge in [0.05, 0.1) is 0 Å². The topological polar surface area (TPSA) is 15.8 Å². The van der Waals surface area contributed by atoms with Gasteiger partial charge in [-0.3, -0.25) is 0 Å². The lowest BCUT2D eigenvalue weighted by molar-refractivity contribution is 1.25. The van der Waals surface area contributed by atoms with E-state index in [9.17, 15) is 0 Å². The summed E-state index contributed by atoms with van der Waals surface area (Å²) in [6, 6.07) is 25.6. The highest BCUT2D eigenvalue weighted by Crippen LogP contribution is 2.34. The molecular weight excluding hydrogens is 278 g/mol. The molecule has 4 aromatic rings. The number of hydrogen-bond donors (Lipinski definition) is 1. The first-order chi connectivity index (χ1) is 11.4. The summed E-state index contributed by atoms with van der Waals surface area (Å²) in [6.45, 7) is 2.22. The molecule has 0 spiro atoms. The molecule has 0 saturated heterocycles. The number of aromatic amines is 1. The number of aromatic nitrogens is 1. The van der Waals surface area contributed by atoms with E-state index in [1.165, 1.54) is 38.5 Å². The molecule has 23 heavy (non-hydrogen) atoms. The molecule has 0 aliphatic carbocycles. The molecule has 1 heterocycles. The lowest BCUT2D eigenvalue weighted by Crippen LogP contribution is -1.85. The Morgan fingerprint density at radius 3 is 2.39 bits per heavy atom. The number of para-hydroxylation sites is 1. The van der Waals surface area contributed by atoms with Crippen molar-refractivity contribution in [3.05, 3.63) is 83.9 Å². The first-order valence-electron chi connectivity index (χ1n) is 8.12. The predicted molar refractivity (Wildman–Crippen MR) is 100 cm³/mol. The average Bonchev–Trinajstić information content (AvgIpc) is 2.99. The number of H-pyrrole nitrogens is 1. The minimum Gasteiger partial charge on any atom is -0.354 e. The summed E-state index contributed by atoms with van der Waals surface area (Å²) in [6.07, 6.45) is 3.31. The molecular formula is C22H19N. The highest BCUT2D eigenvalue weighted by Gasteiger charge is 2.10. The molecule has 0 unspecified atom stereocenters. The second kappa shape index (κ2) is 5.77. The summed E-state index contributed by atoms with van der Waals surface area (Å²) >= 11 is 0. The van der Waals surface area contributed by atoms with Crippen molar-refractivity contribution in [2.24, 2.45) is 0 Å². The Labute approximate surface area is 136 Å². The quantitative estimate of drug-likeness (QED) is 0.429. The van der Waals surface area contributed by atoms with Crippen LogP contribution in [0.1, 0.15) is 24.5 Å². The summed E-state index contributed by atoms with van der Waals surface area (Å²) in [5.74, 6) is 0. The molecule has 0 atom stereocenters. The van der Waals surface area contributed by atoms with Crippen LogP contribution in [0.5, 0.6) is 0 Å². The molecule has 1 heteroatoms. The Hall–Kier alpha value is -2.80. The van der Waals surface area contributed by atoms with Gasteiger partial charge in [-0.2, -0.15) is 0 Å². The summed E-state index contributed by atoms with van der Waals surface area (Å²) < 4.78 is 0. The maximum absolute atomic E-state index is 3.53. The summed E-state index contributed by atoms with van der Waals surface area (Å²) in [5, 5.41) is 2.62. The molecule has 1 nitrogen and oxygen atoms in total. The van der Waals surface area contributed by atoms with Crippen LogP contribution in [0.15, 0.2) is 72.8 Å². The van der Waals surface area contributed by atoms with E-state index in [1.54, 1.807) is 0 Å². The largest absolute Gasteiger partial charge is 0.354 e. The van der Waals surface area contributed by atoms with Crippen LogP contribution in [0.25, 0.3) is 33.5 Å². The van der Waals surface area contributed by atoms with Crippen molar-refractivity contribution in [1.29, 1.82) is 0 Å². The van der Waals surface area contributed by atoms with Gasteiger partial charge in [-0.1, -0.05) is 73.7 Å². The molecule has 112 valence electrons. The van der Waals surface area contributed by atoms with Gasteiger partial charge in [0.2, 0.25) is 0 Å². The molecule has 0 amide bonds. The van der Waals surface area contributed by atoms with E-state index >= 15 is 0 Å². The number of allylic oxidation sites excluding steroid dienone is 1. The lowest BCUT2D eigenvalue weighted by Gasteiger charge is -2.08. The van der Waals surface area contributed by atoms with Crippen LogP contribution in [0.2, 0.25) is 0 Å². The van der Waals surface area contributed by atoms with Crippen molar-refractivity contribution < 1.29 is 0 Å². The van der Waals surface area contributed by atoms with Crippen molar-refractivity contribution >= 4 is 33.5 Å². The number of rotatable bonds is 3. The molecule has 0 radical (unpaired) electrons. The van der Waals surface area contributed by atoms with Gasteiger partial charge in [0, 0.05) is 21.8 Å². The van der Waals surface area contributed by atoms with E-state index in [0.717, 1.165) is 6.42 Å². The molecule has 0 bridgehead atoms. The Morgan fingerprint density at radius 2 is 1.57 bits per heavy atom. The van der Waals surface area contributed by atoms with Gasteiger partial charge in [-0.05, 0) is 35.3 Å². The van der Waals surface area contributed by atoms with Gasteiger partial charge in [0.15, 0.2) is 0 Å². The van der Waals surface area contributed by atoms with Crippen LogP contribution in [-0.2, 0) is 0 Å². The Kier molecular flexibility index (Phi) is 3.47. The third-order valence-electron chi connectivity index (χ3n) is 4.40. The van der Waals surface area contributed by atoms with Gasteiger partial charge >= 0.3 is 0 Å². The molecule has 0 saturated carbocycles. The van der Waals surface area contributed by atoms with Crippen LogP contribution in [0.3, 0.4) is 0 Å². The average molecular weight is 297 g/mol. The molecule has 1 aromatic heterocycles. The Bertz CT molecular complexity index is 990. The van der Waals surface area contributed by atoms with E-state index in [0.29, 0.717) is 0 Å². The molecule has 4 rings (SSSR count). The van der Waals surface area contributed by atoms with Crippen LogP contribution >= 0.6 is 0 Å². The predicted octanol–water partition coefficient (Wildman–Crippen LogP) is 6.27. The maximum atomic E-state index is 3.53. The van der Waals surface area contributed by atoms with Crippen LogP contribution in [-0.4, -0.2) is 4.98 Å². The smallest absolute Gasteiger partial charge is 0.0471 e. The third kappa shape index (κ3) is 2.44. The van der Waals surface area contributed by atoms with Crippen molar-refractivity contribution in [1.82, 2.24) is 4.98 Å². The zero-order valence-electron chi connectivity index (χ0n) is 13.2. The van der Waals surface area contributed by atoms with Gasteiger partial charge in [0.1, 0.15) is 0 Å². The highest BCUT2D eigenvalue weighted by molar-refractivity contribution is 6.13. The van der Waals surface area contributed by atoms with Crippen molar-refractivity contribution in [3.8, 4) is 0 Å². The van der Waals surface area contributed by atoms with Crippen molar-refractivity contribution in [2.75, 3.05) is 0 Å². The van der Waals surface area contributed by atoms with Gasteiger partial charge in [-0.25, -0.2) is 0 Å². The Balaban J connectivity index is 1.98. The van der Waals surface area contributed by atoms with Gasteiger partial charge in [0.25, 0.3) is 0 Å². The second-order valence-corrected chi connectivity index (χ2v) is 5.83. The number of hydrogen-bond acceptors (Lipinski definition) is 0. The Morgan fingerprint density at radius 1 is 0.826 bits per heavy atom. The highest BCUT2D eigenvalue weighted by atomic mass is 14.7. The SMILES string of the molecule is CC/C(=C\c1ccccc1)c1cccc2[nH]c3ccccc3c12. The zero-order chi connectivity index (χ0) is 15.6. The number of fused-ring (bicyclic) bond motifs is 3. The second-order valence-electron chi connectivity index (χ2n) is 5.83. The monoisotopic (exact) mass is 297 g/mol. The van der Waals surface area contributed by atoms with Crippen LogP contribution < -0.4 is 0 Å². The van der Waals surface area contributed by atoms with Crippen molar-refractivity contribution in [2.45, 2.75) is 13.3 Å². The van der Waals surface area contributed by atoms with Crippen LogP contribution in [0.4, 0.5) is 0 Å². The fourth-order valence-corrected chi connectivity index (χ4v) is 3.29. The van der Waals surface area contributed by atoms with E-state index in [-0.39, 0.29) is 0 Å². The first kappa shape index (κ1) is 13.8. The summed E-state index contributed by atoms with van der Waals surface area (Å²) in [5.41, 5.74) is 6.35. The molecule has 0 aliphatic rings. The summed E-state index contributed by atoms with van der Waals surface area (Å²) in [4.78, 5) is 3.53. The maximum Gasteiger partial charge on any atom is 0.0471 e. The van der Waals surface area contributed by atoms with Crippen molar-refractivity contribution in [3.63, 3.8) is 0 Å². The van der Waals surface area contributed by atoms with Crippen LogP contribution in [0, 0.1) is 0 Å². The van der Waals surface area contributed by atoms with E-state index < -0.39 is 0 Å². The minimum atomic E-state index is 1.01. The molecule has 0 aliphatic heterocycles. The standard InChI is InChI=1S/C22H19N/c1-2-17(15-16-9-4-3-5-10-16)18-12-8-14-21-22(18)19-11-6-7-13-20(19)23-21/h3-15,23H,2H2,1H3/b17-15+. The number of benzene rings is 3. The first-order valence-corrected chi connectivity index (χ1v) is 8.12. The molecule has 1 N–H and O–H groups in total. The fraction of sp³-hybridized carbons (Fsp3) is 0.0909. The van der Waals surface area contributed by atoms with E-state index in [4.69, 9.17) is 0 Å². The fourth-order valence-electron chi connectivity index (χ4n) is 3.29. The van der Waals surface area contributed by atoms with Gasteiger partial charge < -0.3 is 4.98 Å². The third-order valence-corrected chi connectivity index (χ3v) is 4.40. The molecule has 0 fully saturated rings. The summed E-state index contributed by atoms with van der Waals surface area (Å²) in [7, 11) is 0. The number of nitrogens with one attached hydrogen (secondary N) is 1. The lowest BCUT2D eigenvalue weighted by atomic mass is 9.96. The zero-order valence-corrected chi connectivity index (χ0v) is 13.2. The van der Waals surface area contributed by atoms with E-state index in [1.807, 2.05) is 0 Å². The normalized spacial score (nSPS) is 12.1.